The third-order valence-corrected chi connectivity index (χ3v) is 2.14. The van der Waals surface area contributed by atoms with E-state index in [0.717, 1.165) is 0 Å². The summed E-state index contributed by atoms with van der Waals surface area (Å²) in [6.45, 7) is 0. The number of aromatic hydroxyl groups is 1. The molecule has 0 saturated heterocycles. The van der Waals surface area contributed by atoms with Gasteiger partial charge in [0.15, 0.2) is 11.5 Å². The second-order valence-corrected chi connectivity index (χ2v) is 3.23. The Morgan fingerprint density at radius 2 is 2.31 bits per heavy atom. The van der Waals surface area contributed by atoms with Crippen LogP contribution in [0.25, 0.3) is 0 Å². The van der Waals surface area contributed by atoms with Crippen LogP contribution >= 0.6 is 0 Å². The fraction of sp³-hybridized carbons (Fsp3) is 0.273. The van der Waals surface area contributed by atoms with Crippen molar-refractivity contribution in [3.8, 4) is 17.6 Å². The summed E-state index contributed by atoms with van der Waals surface area (Å²) in [6.07, 6.45) is 0.0858. The van der Waals surface area contributed by atoms with Crippen molar-refractivity contribution in [1.29, 1.82) is 5.26 Å². The molecule has 1 rings (SSSR count). The molecule has 0 bridgehead atoms. The SMILES string of the molecule is COc1cc(C[C@@H](C#N)C(=O)O)ccc1O. The van der Waals surface area contributed by atoms with Crippen LogP contribution in [0, 0.1) is 17.2 Å². The van der Waals surface area contributed by atoms with Crippen molar-refractivity contribution < 1.29 is 19.7 Å². The van der Waals surface area contributed by atoms with Gasteiger partial charge in [0.05, 0.1) is 13.2 Å². The van der Waals surface area contributed by atoms with E-state index >= 15 is 0 Å². The van der Waals surface area contributed by atoms with Gasteiger partial charge in [0.2, 0.25) is 0 Å². The molecule has 1 aromatic rings. The lowest BCUT2D eigenvalue weighted by molar-refractivity contribution is -0.139. The van der Waals surface area contributed by atoms with E-state index in [4.69, 9.17) is 15.1 Å². The highest BCUT2D eigenvalue weighted by Gasteiger charge is 2.17. The van der Waals surface area contributed by atoms with E-state index in [-0.39, 0.29) is 17.9 Å². The minimum Gasteiger partial charge on any atom is -0.504 e. The molecule has 0 heterocycles. The number of nitriles is 1. The zero-order valence-electron chi connectivity index (χ0n) is 8.67. The summed E-state index contributed by atoms with van der Waals surface area (Å²) in [6, 6.07) is 6.18. The first-order chi connectivity index (χ1) is 7.58. The summed E-state index contributed by atoms with van der Waals surface area (Å²) in [5, 5.41) is 26.7. The molecule has 0 aliphatic rings. The molecular formula is C11H11NO4. The molecular weight excluding hydrogens is 210 g/mol. The number of ether oxygens (including phenoxy) is 1. The van der Waals surface area contributed by atoms with E-state index < -0.39 is 11.9 Å². The van der Waals surface area contributed by atoms with Crippen molar-refractivity contribution in [2.45, 2.75) is 6.42 Å². The summed E-state index contributed by atoms with van der Waals surface area (Å²) >= 11 is 0. The van der Waals surface area contributed by atoms with Gasteiger partial charge in [0, 0.05) is 0 Å². The predicted octanol–water partition coefficient (Wildman–Crippen LogP) is 1.17. The smallest absolute Gasteiger partial charge is 0.321 e. The summed E-state index contributed by atoms with van der Waals surface area (Å²) < 4.78 is 4.88. The van der Waals surface area contributed by atoms with Crippen molar-refractivity contribution in [3.05, 3.63) is 23.8 Å². The van der Waals surface area contributed by atoms with Gasteiger partial charge in [-0.05, 0) is 24.1 Å². The number of hydrogen-bond acceptors (Lipinski definition) is 4. The molecule has 0 aromatic heterocycles. The van der Waals surface area contributed by atoms with Gasteiger partial charge in [-0.3, -0.25) is 4.79 Å². The lowest BCUT2D eigenvalue weighted by atomic mass is 10.0. The highest BCUT2D eigenvalue weighted by Crippen LogP contribution is 2.27. The van der Waals surface area contributed by atoms with Crippen LogP contribution in [0.5, 0.6) is 11.5 Å². The fourth-order valence-electron chi connectivity index (χ4n) is 1.27. The van der Waals surface area contributed by atoms with E-state index in [9.17, 15) is 9.90 Å². The Labute approximate surface area is 92.5 Å². The number of rotatable bonds is 4. The van der Waals surface area contributed by atoms with E-state index in [1.54, 1.807) is 12.1 Å². The van der Waals surface area contributed by atoms with Gasteiger partial charge in [-0.2, -0.15) is 5.26 Å². The zero-order chi connectivity index (χ0) is 12.1. The Morgan fingerprint density at radius 3 is 2.81 bits per heavy atom. The van der Waals surface area contributed by atoms with Crippen LogP contribution in [0.4, 0.5) is 0 Å². The highest BCUT2D eigenvalue weighted by atomic mass is 16.5. The lowest BCUT2D eigenvalue weighted by Gasteiger charge is -2.07. The summed E-state index contributed by atoms with van der Waals surface area (Å²) in [5.74, 6) is -2.00. The number of aliphatic carboxylic acids is 1. The van der Waals surface area contributed by atoms with Gasteiger partial charge in [0.25, 0.3) is 0 Å². The highest BCUT2D eigenvalue weighted by molar-refractivity contribution is 5.73. The van der Waals surface area contributed by atoms with Crippen molar-refractivity contribution in [2.75, 3.05) is 7.11 Å². The van der Waals surface area contributed by atoms with Crippen molar-refractivity contribution in [3.63, 3.8) is 0 Å². The first-order valence-electron chi connectivity index (χ1n) is 4.56. The van der Waals surface area contributed by atoms with Crippen LogP contribution in [-0.4, -0.2) is 23.3 Å². The topological polar surface area (TPSA) is 90.5 Å². The van der Waals surface area contributed by atoms with Crippen molar-refractivity contribution in [1.82, 2.24) is 0 Å². The summed E-state index contributed by atoms with van der Waals surface area (Å²) in [4.78, 5) is 10.7. The Balaban J connectivity index is 2.90. The average molecular weight is 221 g/mol. The molecule has 0 fully saturated rings. The monoisotopic (exact) mass is 221 g/mol. The number of carboxylic acid groups (broad SMARTS) is 1. The first kappa shape index (κ1) is 11.9. The minimum atomic E-state index is -1.16. The van der Waals surface area contributed by atoms with Gasteiger partial charge in [-0.1, -0.05) is 6.07 Å². The lowest BCUT2D eigenvalue weighted by Crippen LogP contribution is -2.14. The molecule has 2 N–H and O–H groups in total. The molecule has 0 amide bonds. The number of carboxylic acids is 1. The molecule has 0 aliphatic carbocycles. The second-order valence-electron chi connectivity index (χ2n) is 3.23. The number of hydrogen-bond donors (Lipinski definition) is 2. The second kappa shape index (κ2) is 5.03. The quantitative estimate of drug-likeness (QED) is 0.796. The van der Waals surface area contributed by atoms with Crippen LogP contribution in [0.2, 0.25) is 0 Å². The third-order valence-electron chi connectivity index (χ3n) is 2.14. The Morgan fingerprint density at radius 1 is 1.62 bits per heavy atom. The number of nitrogens with zero attached hydrogens (tertiary/aromatic N) is 1. The van der Waals surface area contributed by atoms with Gasteiger partial charge >= 0.3 is 5.97 Å². The van der Waals surface area contributed by atoms with Crippen molar-refractivity contribution >= 4 is 5.97 Å². The van der Waals surface area contributed by atoms with Crippen LogP contribution in [0.1, 0.15) is 5.56 Å². The Hall–Kier alpha value is -2.22. The maximum atomic E-state index is 10.7. The summed E-state index contributed by atoms with van der Waals surface area (Å²) in [5.41, 5.74) is 0.628. The molecule has 84 valence electrons. The number of phenolic OH excluding ortho intramolecular Hbond substituents is 1. The number of carbonyl (C=O) groups is 1. The maximum Gasteiger partial charge on any atom is 0.321 e. The maximum absolute atomic E-state index is 10.7. The predicted molar refractivity (Wildman–Crippen MR) is 55.1 cm³/mol. The van der Waals surface area contributed by atoms with Gasteiger partial charge in [-0.25, -0.2) is 0 Å². The molecule has 16 heavy (non-hydrogen) atoms. The Bertz CT molecular complexity index is 436. The summed E-state index contributed by atoms with van der Waals surface area (Å²) in [7, 11) is 1.40. The first-order valence-corrected chi connectivity index (χ1v) is 4.56. The van der Waals surface area contributed by atoms with Gasteiger partial charge in [-0.15, -0.1) is 0 Å². The molecule has 0 spiro atoms. The zero-order valence-corrected chi connectivity index (χ0v) is 8.67. The minimum absolute atomic E-state index is 0.0184. The van der Waals surface area contributed by atoms with E-state index in [1.165, 1.54) is 19.2 Å². The number of methoxy groups -OCH3 is 1. The van der Waals surface area contributed by atoms with Crippen LogP contribution in [0.15, 0.2) is 18.2 Å². The molecule has 0 saturated carbocycles. The van der Waals surface area contributed by atoms with Gasteiger partial charge < -0.3 is 14.9 Å². The van der Waals surface area contributed by atoms with E-state index in [0.29, 0.717) is 5.56 Å². The van der Waals surface area contributed by atoms with E-state index in [2.05, 4.69) is 0 Å². The molecule has 0 radical (unpaired) electrons. The van der Waals surface area contributed by atoms with Crippen molar-refractivity contribution in [2.24, 2.45) is 5.92 Å². The molecule has 5 heteroatoms. The number of phenols is 1. The molecule has 5 nitrogen and oxygen atoms in total. The van der Waals surface area contributed by atoms with Crippen LogP contribution < -0.4 is 4.74 Å². The van der Waals surface area contributed by atoms with E-state index in [1.807, 2.05) is 0 Å². The Kier molecular flexibility index (Phi) is 3.72. The van der Waals surface area contributed by atoms with Gasteiger partial charge in [0.1, 0.15) is 5.92 Å². The molecule has 0 unspecified atom stereocenters. The molecule has 0 aliphatic heterocycles. The normalized spacial score (nSPS) is 11.5. The average Bonchev–Trinajstić information content (AvgIpc) is 2.27. The fourth-order valence-corrected chi connectivity index (χ4v) is 1.27. The third kappa shape index (κ3) is 2.64. The van der Waals surface area contributed by atoms with Crippen LogP contribution in [0.3, 0.4) is 0 Å². The molecule has 1 atom stereocenters. The number of benzene rings is 1. The van der Waals surface area contributed by atoms with Crippen LogP contribution in [-0.2, 0) is 11.2 Å². The molecule has 1 aromatic carbocycles. The largest absolute Gasteiger partial charge is 0.504 e. The standard InChI is InChI=1S/C11H11NO4/c1-16-10-5-7(2-3-9(10)13)4-8(6-12)11(14)15/h2-3,5,8,13H,4H2,1H3,(H,14,15)/t8-/m0/s1.